The fourth-order valence-electron chi connectivity index (χ4n) is 2.04. The number of Topliss-reactive ketones (excluding diaryl/α,β-unsaturated/α-hetero) is 1. The monoisotopic (exact) mass is 326 g/mol. The third-order valence-electron chi connectivity index (χ3n) is 3.21. The van der Waals surface area contributed by atoms with Gasteiger partial charge in [0.15, 0.2) is 5.78 Å². The molecule has 0 bridgehead atoms. The quantitative estimate of drug-likeness (QED) is 0.624. The Morgan fingerprint density at radius 3 is 2.50 bits per heavy atom. The summed E-state index contributed by atoms with van der Waals surface area (Å²) in [6.45, 7) is 1.98. The van der Waals surface area contributed by atoms with Crippen molar-refractivity contribution in [1.82, 2.24) is 4.98 Å². The molecule has 0 fully saturated rings. The summed E-state index contributed by atoms with van der Waals surface area (Å²) < 4.78 is 4.89. The van der Waals surface area contributed by atoms with E-state index in [1.807, 2.05) is 6.07 Å². The molecule has 2 rings (SSSR count). The minimum atomic E-state index is -0.477. The van der Waals surface area contributed by atoms with Crippen LogP contribution in [0, 0.1) is 0 Å². The summed E-state index contributed by atoms with van der Waals surface area (Å²) in [6.07, 6.45) is 1.56. The number of nitrogens with zero attached hydrogens (tertiary/aromatic N) is 1. The van der Waals surface area contributed by atoms with Gasteiger partial charge in [0.1, 0.15) is 5.82 Å². The van der Waals surface area contributed by atoms with Gasteiger partial charge in [0.25, 0.3) is 0 Å². The van der Waals surface area contributed by atoms with Gasteiger partial charge in [-0.15, -0.1) is 0 Å². The molecular formula is C18H18N2O4. The molecule has 24 heavy (non-hydrogen) atoms. The van der Waals surface area contributed by atoms with Crippen LogP contribution in [0.15, 0.2) is 48.7 Å². The fraction of sp³-hybridized carbons (Fsp3) is 0.222. The molecule has 0 saturated heterocycles. The van der Waals surface area contributed by atoms with Crippen LogP contribution in [-0.2, 0) is 9.53 Å². The lowest BCUT2D eigenvalue weighted by Crippen LogP contribution is -2.15. The lowest BCUT2D eigenvalue weighted by molar-refractivity contribution is -0.116. The molecule has 0 atom stereocenters. The van der Waals surface area contributed by atoms with Crippen molar-refractivity contribution in [2.45, 2.75) is 19.8 Å². The number of aromatic nitrogens is 1. The van der Waals surface area contributed by atoms with E-state index < -0.39 is 5.97 Å². The van der Waals surface area contributed by atoms with Crippen molar-refractivity contribution in [3.8, 4) is 0 Å². The maximum Gasteiger partial charge on any atom is 0.338 e. The highest BCUT2D eigenvalue weighted by molar-refractivity contribution is 6.00. The normalized spacial score (nSPS) is 10.0. The van der Waals surface area contributed by atoms with Crippen molar-refractivity contribution in [3.05, 3.63) is 59.8 Å². The molecular weight excluding hydrogens is 308 g/mol. The summed E-state index contributed by atoms with van der Waals surface area (Å²) in [5, 5.41) is 2.58. The minimum Gasteiger partial charge on any atom is -0.462 e. The zero-order chi connectivity index (χ0) is 17.4. The van der Waals surface area contributed by atoms with E-state index in [1.165, 1.54) is 18.3 Å². The van der Waals surface area contributed by atoms with Gasteiger partial charge in [-0.25, -0.2) is 9.78 Å². The van der Waals surface area contributed by atoms with E-state index >= 15 is 0 Å². The molecule has 2 aromatic rings. The second-order valence-electron chi connectivity index (χ2n) is 4.99. The van der Waals surface area contributed by atoms with Gasteiger partial charge in [0, 0.05) is 24.6 Å². The van der Waals surface area contributed by atoms with E-state index in [1.54, 1.807) is 31.2 Å². The second kappa shape index (κ2) is 8.57. The number of ether oxygens (including phenoxy) is 1. The van der Waals surface area contributed by atoms with E-state index in [0.29, 0.717) is 11.1 Å². The van der Waals surface area contributed by atoms with E-state index in [-0.39, 0.29) is 37.0 Å². The Morgan fingerprint density at radius 2 is 1.79 bits per heavy atom. The summed E-state index contributed by atoms with van der Waals surface area (Å²) in [7, 11) is 0. The number of rotatable bonds is 7. The number of ketones is 1. The largest absolute Gasteiger partial charge is 0.462 e. The highest BCUT2D eigenvalue weighted by Crippen LogP contribution is 2.10. The van der Waals surface area contributed by atoms with Crippen LogP contribution in [-0.4, -0.2) is 29.3 Å². The van der Waals surface area contributed by atoms with Gasteiger partial charge in [0.2, 0.25) is 5.91 Å². The Bertz CT molecular complexity index is 729. The van der Waals surface area contributed by atoms with Crippen LogP contribution in [0.3, 0.4) is 0 Å². The number of amides is 1. The van der Waals surface area contributed by atoms with Gasteiger partial charge in [-0.05, 0) is 19.1 Å². The van der Waals surface area contributed by atoms with E-state index in [4.69, 9.17) is 4.74 Å². The van der Waals surface area contributed by atoms with Gasteiger partial charge in [-0.3, -0.25) is 9.59 Å². The molecule has 0 radical (unpaired) electrons. The van der Waals surface area contributed by atoms with Crippen LogP contribution in [0.25, 0.3) is 0 Å². The number of pyridine rings is 1. The SMILES string of the molecule is CCOC(=O)c1ccnc(NC(=O)CCC(=O)c2ccccc2)c1. The molecule has 0 aliphatic carbocycles. The molecule has 6 nitrogen and oxygen atoms in total. The zero-order valence-electron chi connectivity index (χ0n) is 13.3. The predicted molar refractivity (Wildman–Crippen MR) is 88.8 cm³/mol. The average Bonchev–Trinajstić information content (AvgIpc) is 2.61. The van der Waals surface area contributed by atoms with Crippen molar-refractivity contribution < 1.29 is 19.1 Å². The van der Waals surface area contributed by atoms with Gasteiger partial charge >= 0.3 is 5.97 Å². The smallest absolute Gasteiger partial charge is 0.338 e. The number of hydrogen-bond donors (Lipinski definition) is 1. The molecule has 6 heteroatoms. The number of benzene rings is 1. The third-order valence-corrected chi connectivity index (χ3v) is 3.21. The van der Waals surface area contributed by atoms with Crippen LogP contribution < -0.4 is 5.32 Å². The van der Waals surface area contributed by atoms with Gasteiger partial charge in [-0.2, -0.15) is 0 Å². The minimum absolute atomic E-state index is 0.0407. The molecule has 124 valence electrons. The number of anilines is 1. The van der Waals surface area contributed by atoms with E-state index in [0.717, 1.165) is 0 Å². The Balaban J connectivity index is 1.89. The van der Waals surface area contributed by atoms with Gasteiger partial charge in [-0.1, -0.05) is 30.3 Å². The van der Waals surface area contributed by atoms with Crippen LogP contribution in [0.1, 0.15) is 40.5 Å². The van der Waals surface area contributed by atoms with Crippen molar-refractivity contribution in [3.63, 3.8) is 0 Å². The number of carbonyl (C=O) groups is 3. The Morgan fingerprint density at radius 1 is 1.04 bits per heavy atom. The Hall–Kier alpha value is -3.02. The van der Waals surface area contributed by atoms with Crippen LogP contribution >= 0.6 is 0 Å². The highest BCUT2D eigenvalue weighted by Gasteiger charge is 2.11. The Labute approximate surface area is 139 Å². The van der Waals surface area contributed by atoms with E-state index in [2.05, 4.69) is 10.3 Å². The first-order valence-corrected chi connectivity index (χ1v) is 7.61. The van der Waals surface area contributed by atoms with Gasteiger partial charge in [0.05, 0.1) is 12.2 Å². The second-order valence-corrected chi connectivity index (χ2v) is 4.99. The summed E-state index contributed by atoms with van der Waals surface area (Å²) in [5.41, 5.74) is 0.884. The van der Waals surface area contributed by atoms with E-state index in [9.17, 15) is 14.4 Å². The van der Waals surface area contributed by atoms with Crippen molar-refractivity contribution in [1.29, 1.82) is 0 Å². The molecule has 0 aliphatic rings. The molecule has 0 spiro atoms. The summed E-state index contributed by atoms with van der Waals surface area (Å²) >= 11 is 0. The molecule has 1 amide bonds. The molecule has 0 aliphatic heterocycles. The average molecular weight is 326 g/mol. The molecule has 1 aromatic heterocycles. The lowest BCUT2D eigenvalue weighted by atomic mass is 10.1. The highest BCUT2D eigenvalue weighted by atomic mass is 16.5. The third kappa shape index (κ3) is 5.01. The van der Waals surface area contributed by atoms with Crippen molar-refractivity contribution >= 4 is 23.5 Å². The number of nitrogens with one attached hydrogen (secondary N) is 1. The summed E-state index contributed by atoms with van der Waals surface area (Å²) in [4.78, 5) is 39.5. The first-order chi connectivity index (χ1) is 11.6. The molecule has 1 N–H and O–H groups in total. The molecule has 0 saturated carbocycles. The summed E-state index contributed by atoms with van der Waals surface area (Å²) in [5.74, 6) is -0.667. The lowest BCUT2D eigenvalue weighted by Gasteiger charge is -2.06. The maximum atomic E-state index is 12.0. The standard InChI is InChI=1S/C18H18N2O4/c1-2-24-18(23)14-10-11-19-16(12-14)20-17(22)9-8-15(21)13-6-4-3-5-7-13/h3-7,10-12H,2,8-9H2,1H3,(H,19,20,22). The molecule has 1 aromatic carbocycles. The first kappa shape index (κ1) is 17.3. The van der Waals surface area contributed by atoms with Crippen molar-refractivity contribution in [2.75, 3.05) is 11.9 Å². The molecule has 1 heterocycles. The number of carbonyl (C=O) groups excluding carboxylic acids is 3. The number of esters is 1. The van der Waals surface area contributed by atoms with Crippen LogP contribution in [0.5, 0.6) is 0 Å². The number of hydrogen-bond acceptors (Lipinski definition) is 5. The Kier molecular flexibility index (Phi) is 6.19. The topological polar surface area (TPSA) is 85.4 Å². The molecule has 0 unspecified atom stereocenters. The van der Waals surface area contributed by atoms with Crippen LogP contribution in [0.4, 0.5) is 5.82 Å². The van der Waals surface area contributed by atoms with Crippen LogP contribution in [0.2, 0.25) is 0 Å². The predicted octanol–water partition coefficient (Wildman–Crippen LogP) is 2.86. The maximum absolute atomic E-state index is 12.0. The summed E-state index contributed by atoms with van der Waals surface area (Å²) in [6, 6.07) is 11.7. The van der Waals surface area contributed by atoms with Gasteiger partial charge < -0.3 is 10.1 Å². The first-order valence-electron chi connectivity index (χ1n) is 7.61. The zero-order valence-corrected chi connectivity index (χ0v) is 13.3. The van der Waals surface area contributed by atoms with Crippen molar-refractivity contribution in [2.24, 2.45) is 0 Å². The fourth-order valence-corrected chi connectivity index (χ4v) is 2.04.